The van der Waals surface area contributed by atoms with E-state index in [1.54, 1.807) is 0 Å². The molecule has 1 heterocycles. The first-order valence-corrected chi connectivity index (χ1v) is 5.77. The van der Waals surface area contributed by atoms with Crippen LogP contribution in [0.1, 0.15) is 21.5 Å². The Kier molecular flexibility index (Phi) is 3.75. The highest BCUT2D eigenvalue weighted by molar-refractivity contribution is 5.91. The van der Waals surface area contributed by atoms with Crippen molar-refractivity contribution in [2.45, 2.75) is 13.8 Å². The molecule has 5 heteroatoms. The molecule has 0 spiro atoms. The molecule has 0 unspecified atom stereocenters. The molecule has 2 rings (SSSR count). The van der Waals surface area contributed by atoms with Gasteiger partial charge in [0.15, 0.2) is 0 Å². The molecule has 1 aromatic heterocycles. The standard InChI is InChI=1S/C14H14N2O3/c1-9-4-5-11(8-10(9)2)19-13-12(14(17)18-3)6-7-15-16-13/h4-8H,1-3H3. The van der Waals surface area contributed by atoms with Crippen LogP contribution in [0.4, 0.5) is 0 Å². The van der Waals surface area contributed by atoms with Crippen LogP contribution in [-0.2, 0) is 4.74 Å². The fourth-order valence-electron chi connectivity index (χ4n) is 1.55. The van der Waals surface area contributed by atoms with Crippen LogP contribution in [0.15, 0.2) is 30.5 Å². The maximum Gasteiger partial charge on any atom is 0.343 e. The van der Waals surface area contributed by atoms with E-state index in [4.69, 9.17) is 4.74 Å². The lowest BCUT2D eigenvalue weighted by atomic mass is 10.1. The van der Waals surface area contributed by atoms with Crippen molar-refractivity contribution in [3.05, 3.63) is 47.2 Å². The van der Waals surface area contributed by atoms with Crippen LogP contribution in [-0.4, -0.2) is 23.3 Å². The Labute approximate surface area is 111 Å². The largest absolute Gasteiger partial charge is 0.465 e. The Balaban J connectivity index is 2.32. The van der Waals surface area contributed by atoms with Crippen molar-refractivity contribution in [1.82, 2.24) is 10.2 Å². The summed E-state index contributed by atoms with van der Waals surface area (Å²) in [4.78, 5) is 11.6. The number of carbonyl (C=O) groups excluding carboxylic acids is 1. The number of aryl methyl sites for hydroxylation is 2. The third-order valence-electron chi connectivity index (χ3n) is 2.79. The minimum absolute atomic E-state index is 0.137. The van der Waals surface area contributed by atoms with Crippen LogP contribution < -0.4 is 4.74 Å². The Hall–Kier alpha value is -2.43. The van der Waals surface area contributed by atoms with E-state index in [0.29, 0.717) is 5.75 Å². The number of rotatable bonds is 3. The summed E-state index contributed by atoms with van der Waals surface area (Å²) in [5.41, 5.74) is 2.51. The van der Waals surface area contributed by atoms with Crippen LogP contribution in [0.2, 0.25) is 0 Å². The summed E-state index contributed by atoms with van der Waals surface area (Å²) in [7, 11) is 1.31. The molecule has 0 fully saturated rings. The number of carbonyl (C=O) groups is 1. The summed E-state index contributed by atoms with van der Waals surface area (Å²) in [6.45, 7) is 4.00. The number of methoxy groups -OCH3 is 1. The minimum Gasteiger partial charge on any atom is -0.465 e. The van der Waals surface area contributed by atoms with E-state index in [1.807, 2.05) is 32.0 Å². The molecule has 0 amide bonds. The summed E-state index contributed by atoms with van der Waals surface area (Å²) < 4.78 is 10.3. The Morgan fingerprint density at radius 3 is 2.63 bits per heavy atom. The number of esters is 1. The Morgan fingerprint density at radius 1 is 1.16 bits per heavy atom. The van der Waals surface area contributed by atoms with Crippen LogP contribution in [0.5, 0.6) is 11.6 Å². The van der Waals surface area contributed by atoms with Gasteiger partial charge in [-0.15, -0.1) is 5.10 Å². The third kappa shape index (κ3) is 2.88. The fraction of sp³-hybridized carbons (Fsp3) is 0.214. The zero-order valence-electron chi connectivity index (χ0n) is 11.0. The van der Waals surface area contributed by atoms with Crippen molar-refractivity contribution in [2.75, 3.05) is 7.11 Å². The van der Waals surface area contributed by atoms with E-state index in [9.17, 15) is 4.79 Å². The molecule has 5 nitrogen and oxygen atoms in total. The van der Waals surface area contributed by atoms with Gasteiger partial charge in [-0.1, -0.05) is 6.07 Å². The summed E-state index contributed by atoms with van der Waals surface area (Å²) in [5, 5.41) is 7.54. The van der Waals surface area contributed by atoms with E-state index in [1.165, 1.54) is 24.9 Å². The van der Waals surface area contributed by atoms with Gasteiger partial charge in [0.2, 0.25) is 0 Å². The molecule has 98 valence electrons. The monoisotopic (exact) mass is 258 g/mol. The van der Waals surface area contributed by atoms with E-state index in [-0.39, 0.29) is 11.4 Å². The summed E-state index contributed by atoms with van der Waals surface area (Å²) in [6, 6.07) is 7.15. The van der Waals surface area contributed by atoms with Crippen molar-refractivity contribution in [3.63, 3.8) is 0 Å². The van der Waals surface area contributed by atoms with Gasteiger partial charge >= 0.3 is 5.97 Å². The quantitative estimate of drug-likeness (QED) is 0.792. The SMILES string of the molecule is COC(=O)c1ccnnc1Oc1ccc(C)c(C)c1. The first-order valence-electron chi connectivity index (χ1n) is 5.77. The van der Waals surface area contributed by atoms with E-state index in [2.05, 4.69) is 14.9 Å². The van der Waals surface area contributed by atoms with E-state index < -0.39 is 5.97 Å². The maximum absolute atomic E-state index is 11.6. The molecule has 0 atom stereocenters. The summed E-state index contributed by atoms with van der Waals surface area (Å²) in [5.74, 6) is 0.236. The first kappa shape index (κ1) is 13.0. The first-order chi connectivity index (χ1) is 9.11. The highest BCUT2D eigenvalue weighted by Gasteiger charge is 2.15. The van der Waals surface area contributed by atoms with Gasteiger partial charge < -0.3 is 9.47 Å². The van der Waals surface area contributed by atoms with Crippen LogP contribution in [0.3, 0.4) is 0 Å². The summed E-state index contributed by atoms with van der Waals surface area (Å²) >= 11 is 0. The number of hydrogen-bond acceptors (Lipinski definition) is 5. The lowest BCUT2D eigenvalue weighted by Crippen LogP contribution is -2.05. The molecule has 19 heavy (non-hydrogen) atoms. The van der Waals surface area contributed by atoms with Crippen molar-refractivity contribution in [3.8, 4) is 11.6 Å². The number of hydrogen-bond donors (Lipinski definition) is 0. The molecule has 0 saturated carbocycles. The van der Waals surface area contributed by atoms with Gasteiger partial charge in [0, 0.05) is 0 Å². The maximum atomic E-state index is 11.6. The van der Waals surface area contributed by atoms with Crippen LogP contribution in [0.25, 0.3) is 0 Å². The highest BCUT2D eigenvalue weighted by atomic mass is 16.5. The molecule has 0 aliphatic carbocycles. The fourth-order valence-corrected chi connectivity index (χ4v) is 1.55. The smallest absolute Gasteiger partial charge is 0.343 e. The average molecular weight is 258 g/mol. The van der Waals surface area contributed by atoms with Gasteiger partial charge in [-0.25, -0.2) is 4.79 Å². The van der Waals surface area contributed by atoms with Gasteiger partial charge in [-0.3, -0.25) is 0 Å². The highest BCUT2D eigenvalue weighted by Crippen LogP contribution is 2.24. The average Bonchev–Trinajstić information content (AvgIpc) is 2.43. The number of benzene rings is 1. The number of aromatic nitrogens is 2. The predicted molar refractivity (Wildman–Crippen MR) is 69.4 cm³/mol. The van der Waals surface area contributed by atoms with Gasteiger partial charge in [-0.2, -0.15) is 5.10 Å². The second-order valence-corrected chi connectivity index (χ2v) is 4.09. The molecule has 0 N–H and O–H groups in total. The second kappa shape index (κ2) is 5.48. The normalized spacial score (nSPS) is 10.1. The van der Waals surface area contributed by atoms with Crippen molar-refractivity contribution in [2.24, 2.45) is 0 Å². The van der Waals surface area contributed by atoms with Crippen molar-refractivity contribution < 1.29 is 14.3 Å². The third-order valence-corrected chi connectivity index (χ3v) is 2.79. The van der Waals surface area contributed by atoms with Gasteiger partial charge in [0.05, 0.1) is 13.3 Å². The number of nitrogens with zero attached hydrogens (tertiary/aromatic N) is 2. The zero-order valence-corrected chi connectivity index (χ0v) is 11.0. The molecule has 0 bridgehead atoms. The molecular weight excluding hydrogens is 244 g/mol. The molecule has 2 aromatic rings. The van der Waals surface area contributed by atoms with Crippen LogP contribution >= 0.6 is 0 Å². The van der Waals surface area contributed by atoms with Crippen LogP contribution in [0, 0.1) is 13.8 Å². The van der Waals surface area contributed by atoms with Crippen molar-refractivity contribution in [1.29, 1.82) is 0 Å². The lowest BCUT2D eigenvalue weighted by molar-refractivity contribution is 0.0596. The molecule has 0 aliphatic heterocycles. The Bertz CT molecular complexity index is 611. The molecule has 1 aromatic carbocycles. The zero-order chi connectivity index (χ0) is 13.8. The van der Waals surface area contributed by atoms with Crippen molar-refractivity contribution >= 4 is 5.97 Å². The van der Waals surface area contributed by atoms with Gasteiger partial charge in [-0.05, 0) is 43.2 Å². The van der Waals surface area contributed by atoms with E-state index >= 15 is 0 Å². The predicted octanol–water partition coefficient (Wildman–Crippen LogP) is 2.67. The minimum atomic E-state index is -0.506. The topological polar surface area (TPSA) is 61.3 Å². The molecular formula is C14H14N2O3. The summed E-state index contributed by atoms with van der Waals surface area (Å²) in [6.07, 6.45) is 1.42. The molecule has 0 aliphatic rings. The Morgan fingerprint density at radius 2 is 1.95 bits per heavy atom. The van der Waals surface area contributed by atoms with Gasteiger partial charge in [0.1, 0.15) is 11.3 Å². The second-order valence-electron chi connectivity index (χ2n) is 4.09. The number of ether oxygens (including phenoxy) is 2. The van der Waals surface area contributed by atoms with E-state index in [0.717, 1.165) is 5.56 Å². The molecule has 0 radical (unpaired) electrons. The molecule has 0 saturated heterocycles. The lowest BCUT2D eigenvalue weighted by Gasteiger charge is -2.09. The van der Waals surface area contributed by atoms with Gasteiger partial charge in [0.25, 0.3) is 5.88 Å².